The van der Waals surface area contributed by atoms with Gasteiger partial charge < -0.3 is 14.2 Å². The van der Waals surface area contributed by atoms with Crippen LogP contribution in [0.5, 0.6) is 5.75 Å². The molecule has 1 unspecified atom stereocenters. The molecular weight excluding hydrogens is 318 g/mol. The molecule has 0 N–H and O–H groups in total. The number of hydrogen-bond acceptors (Lipinski definition) is 5. The van der Waals surface area contributed by atoms with Crippen LogP contribution in [0.25, 0.3) is 0 Å². The molecule has 0 radical (unpaired) electrons. The molecule has 4 rings (SSSR count). The summed E-state index contributed by atoms with van der Waals surface area (Å²) in [5.74, 6) is 2.92. The fourth-order valence-electron chi connectivity index (χ4n) is 3.14. The van der Waals surface area contributed by atoms with E-state index in [1.165, 1.54) is 0 Å². The highest BCUT2D eigenvalue weighted by Crippen LogP contribution is 2.39. The van der Waals surface area contributed by atoms with Gasteiger partial charge in [0.1, 0.15) is 5.75 Å². The monoisotopic (exact) mass is 341 g/mol. The van der Waals surface area contributed by atoms with Crippen LogP contribution in [0.3, 0.4) is 0 Å². The normalized spacial score (nSPS) is 20.3. The van der Waals surface area contributed by atoms with Crippen LogP contribution in [0, 0.1) is 0 Å². The van der Waals surface area contributed by atoms with Crippen LogP contribution in [0.2, 0.25) is 0 Å². The van der Waals surface area contributed by atoms with E-state index in [0.29, 0.717) is 31.3 Å². The summed E-state index contributed by atoms with van der Waals surface area (Å²) in [4.78, 5) is 18.7. The number of carbonyl (C=O) groups is 1. The lowest BCUT2D eigenvalue weighted by Gasteiger charge is -2.16. The minimum atomic E-state index is 0.0136. The Morgan fingerprint density at radius 3 is 2.76 bits per heavy atom. The fourth-order valence-corrected chi connectivity index (χ4v) is 3.14. The quantitative estimate of drug-likeness (QED) is 0.773. The summed E-state index contributed by atoms with van der Waals surface area (Å²) < 4.78 is 11.0. The van der Waals surface area contributed by atoms with Crippen LogP contribution in [-0.2, 0) is 11.3 Å². The molecule has 2 heterocycles. The second-order valence-electron chi connectivity index (χ2n) is 6.93. The average Bonchev–Trinajstić information content (AvgIpc) is 3.25. The maximum absolute atomic E-state index is 12.3. The molecule has 132 valence electrons. The van der Waals surface area contributed by atoms with Crippen LogP contribution in [0.1, 0.15) is 61.7 Å². The lowest BCUT2D eigenvalue weighted by Crippen LogP contribution is -2.24. The van der Waals surface area contributed by atoms with Gasteiger partial charge in [0.2, 0.25) is 11.8 Å². The highest BCUT2D eigenvalue weighted by molar-refractivity contribution is 5.79. The van der Waals surface area contributed by atoms with E-state index < -0.39 is 0 Å². The molecule has 1 aromatic carbocycles. The van der Waals surface area contributed by atoms with Gasteiger partial charge in [0.05, 0.1) is 12.5 Å². The first-order valence-electron chi connectivity index (χ1n) is 9.06. The highest BCUT2D eigenvalue weighted by Gasteiger charge is 2.36. The van der Waals surface area contributed by atoms with Crippen LogP contribution in [0.4, 0.5) is 0 Å². The van der Waals surface area contributed by atoms with E-state index in [1.54, 1.807) is 0 Å². The summed E-state index contributed by atoms with van der Waals surface area (Å²) >= 11 is 0. The van der Waals surface area contributed by atoms with Gasteiger partial charge in [0.25, 0.3) is 0 Å². The molecule has 2 aliphatic rings. The van der Waals surface area contributed by atoms with Crippen LogP contribution in [-0.4, -0.2) is 34.1 Å². The lowest BCUT2D eigenvalue weighted by molar-refractivity contribution is -0.128. The van der Waals surface area contributed by atoms with Crippen molar-refractivity contribution in [2.45, 2.75) is 51.0 Å². The number of benzene rings is 1. The summed E-state index contributed by atoms with van der Waals surface area (Å²) in [6.45, 7) is 4.05. The van der Waals surface area contributed by atoms with Crippen molar-refractivity contribution in [1.29, 1.82) is 0 Å². The van der Waals surface area contributed by atoms with Crippen molar-refractivity contribution >= 4 is 5.91 Å². The van der Waals surface area contributed by atoms with Gasteiger partial charge in [-0.25, -0.2) is 0 Å². The largest absolute Gasteiger partial charge is 0.494 e. The zero-order valence-electron chi connectivity index (χ0n) is 14.5. The molecule has 6 nitrogen and oxygen atoms in total. The SMILES string of the molecule is CCCOc1ccc(CN2CC(c3nc(C4CC4)no3)CC2=O)cc1. The second-order valence-corrected chi connectivity index (χ2v) is 6.93. The van der Waals surface area contributed by atoms with E-state index in [2.05, 4.69) is 17.1 Å². The van der Waals surface area contributed by atoms with Crippen LogP contribution >= 0.6 is 0 Å². The predicted octanol–water partition coefficient (Wildman–Crippen LogP) is 3.25. The van der Waals surface area contributed by atoms with Crippen molar-refractivity contribution in [2.24, 2.45) is 0 Å². The first-order chi connectivity index (χ1) is 12.2. The van der Waals surface area contributed by atoms with Crippen molar-refractivity contribution in [3.63, 3.8) is 0 Å². The van der Waals surface area contributed by atoms with Gasteiger partial charge in [-0.2, -0.15) is 4.98 Å². The second kappa shape index (κ2) is 6.86. The summed E-state index contributed by atoms with van der Waals surface area (Å²) in [7, 11) is 0. The maximum Gasteiger partial charge on any atom is 0.232 e. The van der Waals surface area contributed by atoms with Gasteiger partial charge in [0.15, 0.2) is 5.82 Å². The molecule has 2 aromatic rings. The highest BCUT2D eigenvalue weighted by atomic mass is 16.5. The van der Waals surface area contributed by atoms with Gasteiger partial charge >= 0.3 is 0 Å². The van der Waals surface area contributed by atoms with Crippen molar-refractivity contribution in [2.75, 3.05) is 13.2 Å². The summed E-state index contributed by atoms with van der Waals surface area (Å²) in [5, 5.41) is 4.06. The van der Waals surface area contributed by atoms with E-state index in [-0.39, 0.29) is 11.8 Å². The minimum absolute atomic E-state index is 0.0136. The molecule has 1 aliphatic carbocycles. The molecular formula is C19H23N3O3. The van der Waals surface area contributed by atoms with E-state index in [9.17, 15) is 4.79 Å². The van der Waals surface area contributed by atoms with E-state index in [0.717, 1.165) is 43.0 Å². The Bertz CT molecular complexity index is 737. The van der Waals surface area contributed by atoms with Gasteiger partial charge in [-0.15, -0.1) is 0 Å². The lowest BCUT2D eigenvalue weighted by atomic mass is 10.1. The first kappa shape index (κ1) is 16.1. The molecule has 1 saturated carbocycles. The molecule has 1 saturated heterocycles. The number of ether oxygens (including phenoxy) is 1. The Labute approximate surface area is 147 Å². The molecule has 25 heavy (non-hydrogen) atoms. The molecule has 0 bridgehead atoms. The maximum atomic E-state index is 12.3. The van der Waals surface area contributed by atoms with Crippen LogP contribution < -0.4 is 4.74 Å². The van der Waals surface area contributed by atoms with E-state index in [4.69, 9.17) is 9.26 Å². The Balaban J connectivity index is 1.36. The van der Waals surface area contributed by atoms with Gasteiger partial charge in [-0.1, -0.05) is 24.2 Å². The Morgan fingerprint density at radius 2 is 2.04 bits per heavy atom. The standard InChI is InChI=1S/C19H23N3O3/c1-2-9-24-16-7-3-13(4-8-16)11-22-12-15(10-17(22)23)19-20-18(21-25-19)14-5-6-14/h3-4,7-8,14-15H,2,5-6,9-12H2,1H3. The van der Waals surface area contributed by atoms with E-state index >= 15 is 0 Å². The summed E-state index contributed by atoms with van der Waals surface area (Å²) in [6.07, 6.45) is 3.73. The Kier molecular flexibility index (Phi) is 4.42. The van der Waals surface area contributed by atoms with Gasteiger partial charge in [-0.05, 0) is 37.0 Å². The summed E-state index contributed by atoms with van der Waals surface area (Å²) in [6, 6.07) is 7.96. The number of carbonyl (C=O) groups excluding carboxylic acids is 1. The number of amides is 1. The minimum Gasteiger partial charge on any atom is -0.494 e. The smallest absolute Gasteiger partial charge is 0.232 e. The number of rotatable bonds is 7. The van der Waals surface area contributed by atoms with Crippen molar-refractivity contribution in [3.05, 3.63) is 41.5 Å². The van der Waals surface area contributed by atoms with Crippen molar-refractivity contribution in [1.82, 2.24) is 15.0 Å². The predicted molar refractivity (Wildman–Crippen MR) is 91.3 cm³/mol. The molecule has 1 amide bonds. The third kappa shape index (κ3) is 3.67. The molecule has 1 aliphatic heterocycles. The van der Waals surface area contributed by atoms with Crippen molar-refractivity contribution in [3.8, 4) is 5.75 Å². The Morgan fingerprint density at radius 1 is 1.24 bits per heavy atom. The molecule has 6 heteroatoms. The average molecular weight is 341 g/mol. The van der Waals surface area contributed by atoms with Gasteiger partial charge in [0, 0.05) is 25.4 Å². The zero-order valence-corrected chi connectivity index (χ0v) is 14.5. The number of hydrogen-bond donors (Lipinski definition) is 0. The third-order valence-electron chi connectivity index (χ3n) is 4.73. The number of likely N-dealkylation sites (tertiary alicyclic amines) is 1. The third-order valence-corrected chi connectivity index (χ3v) is 4.73. The Hall–Kier alpha value is -2.37. The fraction of sp³-hybridized carbons (Fsp3) is 0.526. The van der Waals surface area contributed by atoms with E-state index in [1.807, 2.05) is 29.2 Å². The molecule has 0 spiro atoms. The number of aromatic nitrogens is 2. The van der Waals surface area contributed by atoms with Crippen molar-refractivity contribution < 1.29 is 14.1 Å². The van der Waals surface area contributed by atoms with Crippen LogP contribution in [0.15, 0.2) is 28.8 Å². The topological polar surface area (TPSA) is 68.5 Å². The number of nitrogens with zero attached hydrogens (tertiary/aromatic N) is 3. The summed E-state index contributed by atoms with van der Waals surface area (Å²) in [5.41, 5.74) is 1.10. The molecule has 2 fully saturated rings. The zero-order chi connectivity index (χ0) is 17.2. The molecule has 1 atom stereocenters. The first-order valence-corrected chi connectivity index (χ1v) is 9.06. The molecule has 1 aromatic heterocycles. The van der Waals surface area contributed by atoms with Gasteiger partial charge in [-0.3, -0.25) is 4.79 Å².